The zero-order chi connectivity index (χ0) is 16.0. The van der Waals surface area contributed by atoms with E-state index < -0.39 is 16.0 Å². The molecule has 0 aliphatic carbocycles. The summed E-state index contributed by atoms with van der Waals surface area (Å²) in [5.74, 6) is 0.715. The predicted molar refractivity (Wildman–Crippen MR) is 91.2 cm³/mol. The first-order chi connectivity index (χ1) is 9.89. The van der Waals surface area contributed by atoms with Crippen molar-refractivity contribution in [2.75, 3.05) is 5.75 Å². The third-order valence-electron chi connectivity index (χ3n) is 3.63. The lowest BCUT2D eigenvalue weighted by atomic mass is 9.81. The van der Waals surface area contributed by atoms with Gasteiger partial charge in [-0.3, -0.25) is 14.9 Å². The van der Waals surface area contributed by atoms with Crippen molar-refractivity contribution in [1.29, 1.82) is 0 Å². The molecular formula is C14H21BrN2O3S. The van der Waals surface area contributed by atoms with E-state index >= 15 is 0 Å². The second kappa shape index (κ2) is 7.98. The molecule has 21 heavy (non-hydrogen) atoms. The first-order valence-electron chi connectivity index (χ1n) is 7.04. The molecule has 1 aromatic rings. The molecule has 0 aliphatic heterocycles. The number of rotatable bonds is 8. The molecule has 0 bridgehead atoms. The number of thiol groups is 1. The quantitative estimate of drug-likeness (QED) is 0.423. The van der Waals surface area contributed by atoms with Gasteiger partial charge in [0, 0.05) is 12.7 Å². The summed E-state index contributed by atoms with van der Waals surface area (Å²) in [7, 11) is 0. The highest BCUT2D eigenvalue weighted by Gasteiger charge is 2.28. The van der Waals surface area contributed by atoms with E-state index in [0.717, 1.165) is 25.7 Å². The second-order valence-corrected chi connectivity index (χ2v) is 6.58. The number of pyridine rings is 1. The van der Waals surface area contributed by atoms with Crippen molar-refractivity contribution in [2.45, 2.75) is 46.1 Å². The molecule has 118 valence electrons. The molecule has 1 aromatic heterocycles. The standard InChI is InChI=1S/C14H21BrN2O3S/c1-3-5-14(10-21,6-4-2)9-16-7-11(15)13(18)12(8-16)17(19)20/h7-8,21H,3-6,9-10H2,1-2H3. The highest BCUT2D eigenvalue weighted by Crippen LogP contribution is 2.33. The monoisotopic (exact) mass is 376 g/mol. The van der Waals surface area contributed by atoms with Gasteiger partial charge in [-0.25, -0.2) is 0 Å². The molecule has 0 fully saturated rings. The lowest BCUT2D eigenvalue weighted by Crippen LogP contribution is -2.29. The van der Waals surface area contributed by atoms with Crippen molar-refractivity contribution in [1.82, 2.24) is 4.57 Å². The van der Waals surface area contributed by atoms with Crippen LogP contribution in [0.15, 0.2) is 21.7 Å². The van der Waals surface area contributed by atoms with Crippen molar-refractivity contribution in [3.63, 3.8) is 0 Å². The van der Waals surface area contributed by atoms with Crippen molar-refractivity contribution in [3.05, 3.63) is 37.2 Å². The molecule has 0 saturated heterocycles. The Kier molecular flexibility index (Phi) is 6.93. The summed E-state index contributed by atoms with van der Waals surface area (Å²) in [5, 5.41) is 11.0. The van der Waals surface area contributed by atoms with E-state index in [9.17, 15) is 14.9 Å². The summed E-state index contributed by atoms with van der Waals surface area (Å²) >= 11 is 7.61. The van der Waals surface area contributed by atoms with Crippen LogP contribution in [-0.2, 0) is 6.54 Å². The van der Waals surface area contributed by atoms with Crippen molar-refractivity contribution >= 4 is 34.2 Å². The van der Waals surface area contributed by atoms with Gasteiger partial charge in [0.1, 0.15) is 0 Å². The van der Waals surface area contributed by atoms with Gasteiger partial charge in [-0.15, -0.1) is 0 Å². The molecule has 0 saturated carbocycles. The third kappa shape index (κ3) is 4.57. The van der Waals surface area contributed by atoms with Gasteiger partial charge in [0.2, 0.25) is 0 Å². The Hall–Kier alpha value is -0.820. The minimum absolute atomic E-state index is 0.00497. The summed E-state index contributed by atoms with van der Waals surface area (Å²) in [4.78, 5) is 22.1. The van der Waals surface area contributed by atoms with Gasteiger partial charge in [-0.2, -0.15) is 12.6 Å². The molecule has 1 heterocycles. The SMILES string of the molecule is CCCC(CS)(CCC)Cn1cc(Br)c(=O)c([N+](=O)[O-])c1. The van der Waals surface area contributed by atoms with Crippen LogP contribution in [0.3, 0.4) is 0 Å². The smallest absolute Gasteiger partial charge is 0.333 e. The fourth-order valence-electron chi connectivity index (χ4n) is 2.74. The Bertz CT molecular complexity index is 554. The molecule has 0 N–H and O–H groups in total. The Labute approximate surface area is 138 Å². The molecule has 5 nitrogen and oxygen atoms in total. The van der Waals surface area contributed by atoms with E-state index in [4.69, 9.17) is 0 Å². The summed E-state index contributed by atoms with van der Waals surface area (Å²) in [6, 6.07) is 0. The normalized spacial score (nSPS) is 11.6. The maximum Gasteiger partial charge on any atom is 0.333 e. The van der Waals surface area contributed by atoms with E-state index in [2.05, 4.69) is 42.4 Å². The van der Waals surface area contributed by atoms with Gasteiger partial charge in [0.15, 0.2) is 0 Å². The van der Waals surface area contributed by atoms with Crippen molar-refractivity contribution < 1.29 is 4.92 Å². The van der Waals surface area contributed by atoms with Gasteiger partial charge in [0.25, 0.3) is 5.43 Å². The first kappa shape index (κ1) is 18.2. The van der Waals surface area contributed by atoms with Crippen LogP contribution in [0.1, 0.15) is 39.5 Å². The van der Waals surface area contributed by atoms with Gasteiger partial charge >= 0.3 is 5.69 Å². The van der Waals surface area contributed by atoms with Gasteiger partial charge in [0.05, 0.1) is 15.6 Å². The number of aromatic nitrogens is 1. The topological polar surface area (TPSA) is 65.1 Å². The third-order valence-corrected chi connectivity index (χ3v) is 4.86. The number of hydrogen-bond acceptors (Lipinski definition) is 4. The van der Waals surface area contributed by atoms with Gasteiger partial charge < -0.3 is 4.57 Å². The number of nitrogens with zero attached hydrogens (tertiary/aromatic N) is 2. The Morgan fingerprint density at radius 2 is 1.90 bits per heavy atom. The van der Waals surface area contributed by atoms with Crippen molar-refractivity contribution in [3.8, 4) is 0 Å². The molecule has 0 radical (unpaired) electrons. The van der Waals surface area contributed by atoms with Crippen LogP contribution in [0, 0.1) is 15.5 Å². The molecule has 0 spiro atoms. The summed E-state index contributed by atoms with van der Waals surface area (Å²) in [5.41, 5.74) is -0.987. The zero-order valence-electron chi connectivity index (χ0n) is 12.3. The van der Waals surface area contributed by atoms with E-state index in [1.165, 1.54) is 6.20 Å². The summed E-state index contributed by atoms with van der Waals surface area (Å²) in [6.07, 6.45) is 7.02. The largest absolute Gasteiger partial charge is 0.346 e. The van der Waals surface area contributed by atoms with Crippen LogP contribution in [0.2, 0.25) is 0 Å². The zero-order valence-corrected chi connectivity index (χ0v) is 14.8. The van der Waals surface area contributed by atoms with Gasteiger partial charge in [-0.1, -0.05) is 26.7 Å². The highest BCUT2D eigenvalue weighted by molar-refractivity contribution is 9.10. The molecule has 0 unspecified atom stereocenters. The number of nitro groups is 1. The van der Waals surface area contributed by atoms with E-state index in [0.29, 0.717) is 12.3 Å². The Morgan fingerprint density at radius 1 is 1.33 bits per heavy atom. The maximum absolute atomic E-state index is 11.7. The molecule has 0 atom stereocenters. The maximum atomic E-state index is 11.7. The number of halogens is 1. The Balaban J connectivity index is 3.20. The summed E-state index contributed by atoms with van der Waals surface area (Å²) in [6.45, 7) is 4.87. The number of hydrogen-bond donors (Lipinski definition) is 1. The minimum atomic E-state index is -0.633. The van der Waals surface area contributed by atoms with Crippen LogP contribution in [0.5, 0.6) is 0 Å². The van der Waals surface area contributed by atoms with Crippen LogP contribution >= 0.6 is 28.6 Å². The van der Waals surface area contributed by atoms with E-state index in [1.54, 1.807) is 10.8 Å². The van der Waals surface area contributed by atoms with Crippen LogP contribution in [-0.4, -0.2) is 15.2 Å². The summed E-state index contributed by atoms with van der Waals surface area (Å²) < 4.78 is 1.96. The predicted octanol–water partition coefficient (Wildman–Crippen LogP) is 4.04. The fourth-order valence-corrected chi connectivity index (χ4v) is 3.62. The molecule has 0 aromatic carbocycles. The van der Waals surface area contributed by atoms with Crippen LogP contribution in [0.4, 0.5) is 5.69 Å². The molecule has 0 aliphatic rings. The van der Waals surface area contributed by atoms with Crippen molar-refractivity contribution in [2.24, 2.45) is 5.41 Å². The fraction of sp³-hybridized carbons (Fsp3) is 0.643. The Morgan fingerprint density at radius 3 is 2.33 bits per heavy atom. The second-order valence-electron chi connectivity index (χ2n) is 5.41. The molecule has 7 heteroatoms. The highest BCUT2D eigenvalue weighted by atomic mass is 79.9. The lowest BCUT2D eigenvalue weighted by Gasteiger charge is -2.33. The average molecular weight is 377 g/mol. The first-order valence-corrected chi connectivity index (χ1v) is 8.46. The average Bonchev–Trinajstić information content (AvgIpc) is 2.42. The minimum Gasteiger partial charge on any atom is -0.346 e. The van der Waals surface area contributed by atoms with Crippen LogP contribution < -0.4 is 5.43 Å². The van der Waals surface area contributed by atoms with Crippen LogP contribution in [0.25, 0.3) is 0 Å². The molecule has 0 amide bonds. The lowest BCUT2D eigenvalue weighted by molar-refractivity contribution is -0.386. The van der Waals surface area contributed by atoms with Gasteiger partial charge in [-0.05, 0) is 39.9 Å². The molecular weight excluding hydrogens is 356 g/mol. The molecule has 1 rings (SSSR count). The van der Waals surface area contributed by atoms with E-state index in [1.807, 2.05) is 0 Å². The van der Waals surface area contributed by atoms with E-state index in [-0.39, 0.29) is 9.89 Å².